The Bertz CT molecular complexity index is 950. The van der Waals surface area contributed by atoms with Crippen molar-refractivity contribution >= 4 is 17.7 Å². The molecule has 0 radical (unpaired) electrons. The molecule has 0 unspecified atom stereocenters. The van der Waals surface area contributed by atoms with Gasteiger partial charge in [-0.2, -0.15) is 5.10 Å². The molecule has 0 saturated heterocycles. The molecule has 0 aliphatic heterocycles. The highest BCUT2D eigenvalue weighted by atomic mass is 16.3. The van der Waals surface area contributed by atoms with Crippen LogP contribution >= 0.6 is 0 Å². The van der Waals surface area contributed by atoms with Gasteiger partial charge in [0.1, 0.15) is 5.76 Å². The van der Waals surface area contributed by atoms with Crippen LogP contribution in [0.1, 0.15) is 30.2 Å². The third-order valence-electron chi connectivity index (χ3n) is 5.23. The van der Waals surface area contributed by atoms with Crippen LogP contribution < -0.4 is 5.43 Å². The quantitative estimate of drug-likeness (QED) is 0.501. The Labute approximate surface area is 164 Å². The number of hydrazone groups is 1. The van der Waals surface area contributed by atoms with E-state index in [9.17, 15) is 4.79 Å². The Balaban J connectivity index is 1.51. The lowest BCUT2D eigenvalue weighted by molar-refractivity contribution is -0.122. The average molecular weight is 370 g/mol. The fourth-order valence-corrected chi connectivity index (χ4v) is 3.70. The summed E-state index contributed by atoms with van der Waals surface area (Å²) in [4.78, 5) is 12.8. The summed E-state index contributed by atoms with van der Waals surface area (Å²) < 4.78 is 5.25. The van der Waals surface area contributed by atoms with Crippen molar-refractivity contribution < 1.29 is 9.21 Å². The summed E-state index contributed by atoms with van der Waals surface area (Å²) in [7, 11) is 0. The Hall–Kier alpha value is -3.40. The zero-order valence-electron chi connectivity index (χ0n) is 15.7. The highest BCUT2D eigenvalue weighted by Crippen LogP contribution is 2.58. The predicted octanol–water partition coefficient (Wildman–Crippen LogP) is 4.79. The summed E-state index contributed by atoms with van der Waals surface area (Å²) in [5, 5.41) is 4.23. The highest BCUT2D eigenvalue weighted by Gasteiger charge is 2.60. The molecule has 1 saturated carbocycles. The molecule has 2 aromatic carbocycles. The molecule has 0 bridgehead atoms. The number of nitrogens with one attached hydrogen (secondary N) is 1. The Morgan fingerprint density at radius 1 is 1.04 bits per heavy atom. The second kappa shape index (κ2) is 7.69. The van der Waals surface area contributed by atoms with Gasteiger partial charge in [0.2, 0.25) is 5.91 Å². The molecule has 4 nitrogen and oxygen atoms in total. The summed E-state index contributed by atoms with van der Waals surface area (Å²) >= 11 is 0. The number of hydrogen-bond donors (Lipinski definition) is 1. The molecule has 3 aromatic rings. The largest absolute Gasteiger partial charge is 0.465 e. The van der Waals surface area contributed by atoms with Gasteiger partial charge in [0.05, 0.1) is 17.9 Å². The van der Waals surface area contributed by atoms with Crippen molar-refractivity contribution in [1.82, 2.24) is 5.43 Å². The number of carbonyl (C=O) groups excluding carboxylic acids is 1. The first-order valence-corrected chi connectivity index (χ1v) is 9.37. The van der Waals surface area contributed by atoms with E-state index >= 15 is 0 Å². The van der Waals surface area contributed by atoms with Gasteiger partial charge in [-0.3, -0.25) is 4.79 Å². The van der Waals surface area contributed by atoms with Crippen LogP contribution in [0.3, 0.4) is 0 Å². The molecule has 1 atom stereocenters. The van der Waals surface area contributed by atoms with Crippen LogP contribution in [0.4, 0.5) is 0 Å². The molecule has 0 spiro atoms. The zero-order valence-corrected chi connectivity index (χ0v) is 15.7. The standard InChI is InChI=1S/C24H22N2O2/c1-18(14-15-21-13-8-16-28-21)25-26-23(27)22-17-24(22,19-9-4-2-5-10-19)20-11-6-3-7-12-20/h2-16,22H,17H2,1H3,(H,26,27)/b15-14+,25-18-/t22-/m1/s1. The molecular formula is C24H22N2O2. The maximum absolute atomic E-state index is 12.8. The van der Waals surface area contributed by atoms with E-state index in [1.165, 1.54) is 11.1 Å². The molecule has 140 valence electrons. The molecule has 1 aliphatic rings. The van der Waals surface area contributed by atoms with Crippen molar-refractivity contribution in [1.29, 1.82) is 0 Å². The second-order valence-electron chi connectivity index (χ2n) is 7.04. The molecule has 1 heterocycles. The van der Waals surface area contributed by atoms with Crippen molar-refractivity contribution in [3.05, 3.63) is 102 Å². The minimum Gasteiger partial charge on any atom is -0.465 e. The first-order valence-electron chi connectivity index (χ1n) is 9.37. The SMILES string of the molecule is CC(/C=C/c1ccco1)=N/NC(=O)[C@H]1CC1(c1ccccc1)c1ccccc1. The molecule has 1 N–H and O–H groups in total. The smallest absolute Gasteiger partial charge is 0.244 e. The average Bonchev–Trinajstić information content (AvgIpc) is 3.30. The number of nitrogens with zero attached hydrogens (tertiary/aromatic N) is 1. The maximum atomic E-state index is 12.8. The number of benzene rings is 2. The third-order valence-corrected chi connectivity index (χ3v) is 5.23. The van der Waals surface area contributed by atoms with Gasteiger partial charge in [0.25, 0.3) is 0 Å². The van der Waals surface area contributed by atoms with Crippen molar-refractivity contribution in [2.24, 2.45) is 11.0 Å². The molecule has 1 aliphatic carbocycles. The summed E-state index contributed by atoms with van der Waals surface area (Å²) in [6.07, 6.45) is 6.03. The van der Waals surface area contributed by atoms with Crippen LogP contribution in [0.5, 0.6) is 0 Å². The first kappa shape index (κ1) is 18.0. The molecule has 1 fully saturated rings. The van der Waals surface area contributed by atoms with E-state index < -0.39 is 0 Å². The van der Waals surface area contributed by atoms with E-state index in [1.807, 2.05) is 67.6 Å². The highest BCUT2D eigenvalue weighted by molar-refractivity contribution is 5.97. The molecule has 1 amide bonds. The third kappa shape index (κ3) is 3.54. The van der Waals surface area contributed by atoms with E-state index in [1.54, 1.807) is 6.26 Å². The summed E-state index contributed by atoms with van der Waals surface area (Å²) in [5.41, 5.74) is 5.50. The second-order valence-corrected chi connectivity index (χ2v) is 7.04. The van der Waals surface area contributed by atoms with E-state index in [-0.39, 0.29) is 17.2 Å². The Morgan fingerprint density at radius 2 is 1.68 bits per heavy atom. The number of carbonyl (C=O) groups is 1. The van der Waals surface area contributed by atoms with Crippen LogP contribution in [-0.2, 0) is 10.2 Å². The number of allylic oxidation sites excluding steroid dienone is 1. The van der Waals surface area contributed by atoms with Crippen molar-refractivity contribution in [3.8, 4) is 0 Å². The number of rotatable bonds is 6. The van der Waals surface area contributed by atoms with Gasteiger partial charge in [0.15, 0.2) is 0 Å². The van der Waals surface area contributed by atoms with Gasteiger partial charge in [0, 0.05) is 5.41 Å². The van der Waals surface area contributed by atoms with Gasteiger partial charge < -0.3 is 4.42 Å². The van der Waals surface area contributed by atoms with Crippen LogP contribution in [0, 0.1) is 5.92 Å². The number of amides is 1. The lowest BCUT2D eigenvalue weighted by Crippen LogP contribution is -2.26. The summed E-state index contributed by atoms with van der Waals surface area (Å²) in [6, 6.07) is 24.2. The summed E-state index contributed by atoms with van der Waals surface area (Å²) in [6.45, 7) is 1.84. The van der Waals surface area contributed by atoms with E-state index in [0.29, 0.717) is 5.71 Å². The van der Waals surface area contributed by atoms with Gasteiger partial charge >= 0.3 is 0 Å². The van der Waals surface area contributed by atoms with Gasteiger partial charge in [-0.25, -0.2) is 5.43 Å². The maximum Gasteiger partial charge on any atom is 0.244 e. The minimum absolute atomic E-state index is 0.0570. The van der Waals surface area contributed by atoms with E-state index in [2.05, 4.69) is 34.8 Å². The fraction of sp³-hybridized carbons (Fsp3) is 0.167. The monoisotopic (exact) mass is 370 g/mol. The van der Waals surface area contributed by atoms with E-state index in [0.717, 1.165) is 12.2 Å². The lowest BCUT2D eigenvalue weighted by atomic mass is 9.85. The molecule has 28 heavy (non-hydrogen) atoms. The normalized spacial score (nSPS) is 18.2. The van der Waals surface area contributed by atoms with Crippen LogP contribution in [0.25, 0.3) is 6.08 Å². The fourth-order valence-electron chi connectivity index (χ4n) is 3.70. The van der Waals surface area contributed by atoms with Gasteiger partial charge in [-0.15, -0.1) is 0 Å². The van der Waals surface area contributed by atoms with Crippen LogP contribution in [0.2, 0.25) is 0 Å². The van der Waals surface area contributed by atoms with E-state index in [4.69, 9.17) is 4.42 Å². The molecular weight excluding hydrogens is 348 g/mol. The van der Waals surface area contributed by atoms with Crippen LogP contribution in [0.15, 0.2) is 94.7 Å². The first-order chi connectivity index (χ1) is 13.7. The predicted molar refractivity (Wildman–Crippen MR) is 111 cm³/mol. The number of furan rings is 1. The molecule has 4 rings (SSSR count). The molecule has 4 heteroatoms. The summed E-state index contributed by atoms with van der Waals surface area (Å²) in [5.74, 6) is 0.552. The van der Waals surface area contributed by atoms with Gasteiger partial charge in [-0.05, 0) is 48.8 Å². The minimum atomic E-state index is -0.278. The topological polar surface area (TPSA) is 54.6 Å². The molecule has 1 aromatic heterocycles. The van der Waals surface area contributed by atoms with Crippen LogP contribution in [-0.4, -0.2) is 11.6 Å². The van der Waals surface area contributed by atoms with Crippen molar-refractivity contribution in [3.63, 3.8) is 0 Å². The van der Waals surface area contributed by atoms with Crippen molar-refractivity contribution in [2.75, 3.05) is 0 Å². The Kier molecular flexibility index (Phi) is 4.94. The zero-order chi connectivity index (χ0) is 19.4. The lowest BCUT2D eigenvalue weighted by Gasteiger charge is -2.18. The van der Waals surface area contributed by atoms with Gasteiger partial charge in [-0.1, -0.05) is 60.7 Å². The number of hydrogen-bond acceptors (Lipinski definition) is 3. The Morgan fingerprint density at radius 3 is 2.25 bits per heavy atom. The van der Waals surface area contributed by atoms with Crippen molar-refractivity contribution in [2.45, 2.75) is 18.8 Å².